The molecule has 1 aliphatic heterocycles. The molecule has 0 aromatic heterocycles. The van der Waals surface area contributed by atoms with Crippen molar-refractivity contribution in [3.05, 3.63) is 29.8 Å². The summed E-state index contributed by atoms with van der Waals surface area (Å²) in [7, 11) is 1.77. The molecule has 1 N–H and O–H groups in total. The third-order valence-corrected chi connectivity index (χ3v) is 3.57. The van der Waals surface area contributed by atoms with Crippen LogP contribution >= 0.6 is 15.9 Å². The lowest BCUT2D eigenvalue weighted by atomic mass is 10.1. The van der Waals surface area contributed by atoms with Crippen LogP contribution in [-0.2, 0) is 6.54 Å². The molecule has 5 heteroatoms. The topological polar surface area (TPSA) is 43.8 Å². The van der Waals surface area contributed by atoms with Gasteiger partial charge in [-0.2, -0.15) is 0 Å². The van der Waals surface area contributed by atoms with E-state index in [0.717, 1.165) is 11.3 Å². The number of urea groups is 1. The van der Waals surface area contributed by atoms with Crippen molar-refractivity contribution in [2.24, 2.45) is 0 Å². The van der Waals surface area contributed by atoms with Crippen LogP contribution in [0.4, 0.5) is 10.5 Å². The van der Waals surface area contributed by atoms with E-state index in [0.29, 0.717) is 18.4 Å². The molecule has 0 bridgehead atoms. The second-order valence-corrected chi connectivity index (χ2v) is 4.83. The van der Waals surface area contributed by atoms with E-state index in [9.17, 15) is 9.90 Å². The van der Waals surface area contributed by atoms with Crippen LogP contribution < -0.4 is 4.90 Å². The standard InChI is InChI=1S/C12H15BrN2O2/c1-14-7-9-4-2-3-5-11(9)15(12(14)17)8-10(16)6-13/h2-5,10,16H,6-8H2,1H3. The van der Waals surface area contributed by atoms with E-state index in [1.807, 2.05) is 24.3 Å². The SMILES string of the molecule is CN1Cc2ccccc2N(CC(O)CBr)C1=O. The molecule has 17 heavy (non-hydrogen) atoms. The van der Waals surface area contributed by atoms with E-state index in [-0.39, 0.29) is 6.03 Å². The molecule has 2 rings (SSSR count). The summed E-state index contributed by atoms with van der Waals surface area (Å²) < 4.78 is 0. The molecule has 92 valence electrons. The van der Waals surface area contributed by atoms with Gasteiger partial charge in [0, 0.05) is 18.9 Å². The molecular formula is C12H15BrN2O2. The van der Waals surface area contributed by atoms with Crippen LogP contribution in [0.3, 0.4) is 0 Å². The van der Waals surface area contributed by atoms with E-state index in [1.54, 1.807) is 16.8 Å². The minimum atomic E-state index is -0.557. The van der Waals surface area contributed by atoms with Gasteiger partial charge in [0.05, 0.1) is 18.3 Å². The summed E-state index contributed by atoms with van der Waals surface area (Å²) in [6.45, 7) is 0.932. The molecule has 0 spiro atoms. The summed E-state index contributed by atoms with van der Waals surface area (Å²) in [5.74, 6) is 0. The number of hydrogen-bond donors (Lipinski definition) is 1. The van der Waals surface area contributed by atoms with Gasteiger partial charge in [-0.05, 0) is 11.6 Å². The lowest BCUT2D eigenvalue weighted by molar-refractivity contribution is 0.187. The van der Waals surface area contributed by atoms with Gasteiger partial charge >= 0.3 is 6.03 Å². The van der Waals surface area contributed by atoms with E-state index in [4.69, 9.17) is 0 Å². The number of halogens is 1. The third-order valence-electron chi connectivity index (χ3n) is 2.82. The van der Waals surface area contributed by atoms with Crippen molar-refractivity contribution in [1.82, 2.24) is 4.90 Å². The molecule has 1 atom stereocenters. The molecule has 1 aliphatic rings. The molecule has 0 saturated carbocycles. The van der Waals surface area contributed by atoms with E-state index >= 15 is 0 Å². The van der Waals surface area contributed by atoms with E-state index in [1.165, 1.54) is 0 Å². The largest absolute Gasteiger partial charge is 0.390 e. The van der Waals surface area contributed by atoms with Crippen LogP contribution in [0, 0.1) is 0 Å². The summed E-state index contributed by atoms with van der Waals surface area (Å²) in [6.07, 6.45) is -0.557. The average molecular weight is 299 g/mol. The lowest BCUT2D eigenvalue weighted by Gasteiger charge is -2.35. The number of nitrogens with zero attached hydrogens (tertiary/aromatic N) is 2. The molecule has 1 heterocycles. The zero-order valence-corrected chi connectivity index (χ0v) is 11.2. The molecule has 0 radical (unpaired) electrons. The summed E-state index contributed by atoms with van der Waals surface area (Å²) >= 11 is 3.22. The van der Waals surface area contributed by atoms with Crippen molar-refractivity contribution in [3.63, 3.8) is 0 Å². The first kappa shape index (κ1) is 12.4. The van der Waals surface area contributed by atoms with Crippen LogP contribution in [0.15, 0.2) is 24.3 Å². The van der Waals surface area contributed by atoms with Crippen molar-refractivity contribution in [1.29, 1.82) is 0 Å². The van der Waals surface area contributed by atoms with Gasteiger partial charge in [0.25, 0.3) is 0 Å². The first-order valence-electron chi connectivity index (χ1n) is 5.48. The minimum absolute atomic E-state index is 0.0660. The molecule has 1 unspecified atom stereocenters. The first-order valence-corrected chi connectivity index (χ1v) is 6.60. The van der Waals surface area contributed by atoms with Gasteiger partial charge in [-0.1, -0.05) is 34.1 Å². The van der Waals surface area contributed by atoms with Gasteiger partial charge < -0.3 is 10.0 Å². The Balaban J connectivity index is 2.32. The molecular weight excluding hydrogens is 284 g/mol. The number of para-hydroxylation sites is 1. The smallest absolute Gasteiger partial charge is 0.324 e. The Labute approximate surface area is 109 Å². The minimum Gasteiger partial charge on any atom is -0.390 e. The van der Waals surface area contributed by atoms with Gasteiger partial charge in [-0.3, -0.25) is 4.90 Å². The Morgan fingerprint density at radius 2 is 2.18 bits per heavy atom. The number of amides is 2. The van der Waals surface area contributed by atoms with E-state index in [2.05, 4.69) is 15.9 Å². The van der Waals surface area contributed by atoms with Crippen LogP contribution in [0.25, 0.3) is 0 Å². The number of rotatable bonds is 3. The molecule has 0 aliphatic carbocycles. The number of alkyl halides is 1. The van der Waals surface area contributed by atoms with E-state index < -0.39 is 6.10 Å². The third kappa shape index (κ3) is 2.45. The number of hydrogen-bond acceptors (Lipinski definition) is 2. The van der Waals surface area contributed by atoms with Gasteiger partial charge in [0.2, 0.25) is 0 Å². The summed E-state index contributed by atoms with van der Waals surface area (Å²) in [5.41, 5.74) is 2.01. The van der Waals surface area contributed by atoms with Crippen molar-refractivity contribution >= 4 is 27.6 Å². The fraction of sp³-hybridized carbons (Fsp3) is 0.417. The Kier molecular flexibility index (Phi) is 3.69. The number of aliphatic hydroxyl groups excluding tert-OH is 1. The number of β-amino-alcohol motifs (C(OH)–C–C–N with tert-alkyl or cyclic N) is 1. The maximum Gasteiger partial charge on any atom is 0.324 e. The van der Waals surface area contributed by atoms with Crippen molar-refractivity contribution < 1.29 is 9.90 Å². The number of anilines is 1. The second kappa shape index (κ2) is 5.06. The Morgan fingerprint density at radius 1 is 1.47 bits per heavy atom. The van der Waals surface area contributed by atoms with Crippen molar-refractivity contribution in [2.45, 2.75) is 12.6 Å². The lowest BCUT2D eigenvalue weighted by Crippen LogP contribution is -2.48. The van der Waals surface area contributed by atoms with Crippen LogP contribution in [-0.4, -0.2) is 41.1 Å². The number of carbonyl (C=O) groups excluding carboxylic acids is 1. The maximum absolute atomic E-state index is 12.1. The predicted octanol–water partition coefficient (Wildman–Crippen LogP) is 1.81. The van der Waals surface area contributed by atoms with Gasteiger partial charge in [0.15, 0.2) is 0 Å². The Morgan fingerprint density at radius 3 is 2.88 bits per heavy atom. The number of aliphatic hydroxyl groups is 1. The van der Waals surface area contributed by atoms with Gasteiger partial charge in [0.1, 0.15) is 0 Å². The van der Waals surface area contributed by atoms with Crippen molar-refractivity contribution in [3.8, 4) is 0 Å². The van der Waals surface area contributed by atoms with Crippen molar-refractivity contribution in [2.75, 3.05) is 23.8 Å². The van der Waals surface area contributed by atoms with Crippen LogP contribution in [0.5, 0.6) is 0 Å². The zero-order valence-electron chi connectivity index (χ0n) is 9.64. The number of benzene rings is 1. The highest BCUT2D eigenvalue weighted by molar-refractivity contribution is 9.09. The van der Waals surface area contributed by atoms with Crippen LogP contribution in [0.1, 0.15) is 5.56 Å². The number of fused-ring (bicyclic) bond motifs is 1. The molecule has 0 fully saturated rings. The molecule has 4 nitrogen and oxygen atoms in total. The Hall–Kier alpha value is -1.07. The monoisotopic (exact) mass is 298 g/mol. The van der Waals surface area contributed by atoms with Gasteiger partial charge in [-0.15, -0.1) is 0 Å². The zero-order chi connectivity index (χ0) is 12.4. The molecule has 1 aromatic carbocycles. The maximum atomic E-state index is 12.1. The fourth-order valence-electron chi connectivity index (χ4n) is 1.98. The predicted molar refractivity (Wildman–Crippen MR) is 70.5 cm³/mol. The highest BCUT2D eigenvalue weighted by atomic mass is 79.9. The fourth-order valence-corrected chi connectivity index (χ4v) is 2.18. The molecule has 2 amide bonds. The first-order chi connectivity index (χ1) is 8.13. The summed E-state index contributed by atoms with van der Waals surface area (Å²) in [5, 5.41) is 10.1. The van der Waals surface area contributed by atoms with Gasteiger partial charge in [-0.25, -0.2) is 4.79 Å². The second-order valence-electron chi connectivity index (χ2n) is 4.19. The summed E-state index contributed by atoms with van der Waals surface area (Å²) in [6, 6.07) is 7.73. The quantitative estimate of drug-likeness (QED) is 0.865. The van der Waals surface area contributed by atoms with Crippen LogP contribution in [0.2, 0.25) is 0 Å². The summed E-state index contributed by atoms with van der Waals surface area (Å²) in [4.78, 5) is 15.4. The normalized spacial score (nSPS) is 17.0. The molecule has 1 aromatic rings. The number of carbonyl (C=O) groups is 1. The highest BCUT2D eigenvalue weighted by Gasteiger charge is 2.28. The average Bonchev–Trinajstić information content (AvgIpc) is 2.34. The highest BCUT2D eigenvalue weighted by Crippen LogP contribution is 2.27. The molecule has 0 saturated heterocycles. The Bertz CT molecular complexity index is 425.